The van der Waals surface area contributed by atoms with E-state index in [1.165, 1.54) is 11.1 Å². The molecule has 0 radical (unpaired) electrons. The number of aliphatic imine (C=N–C) groups is 1. The zero-order chi connectivity index (χ0) is 12.8. The van der Waals surface area contributed by atoms with E-state index < -0.39 is 0 Å². The maximum atomic E-state index is 5.97. The van der Waals surface area contributed by atoms with Crippen molar-refractivity contribution in [2.24, 2.45) is 4.99 Å². The van der Waals surface area contributed by atoms with Gasteiger partial charge in [0.15, 0.2) is 0 Å². The summed E-state index contributed by atoms with van der Waals surface area (Å²) < 4.78 is 6.92. The van der Waals surface area contributed by atoms with Crippen LogP contribution < -0.4 is 0 Å². The van der Waals surface area contributed by atoms with E-state index in [4.69, 9.17) is 9.73 Å². The van der Waals surface area contributed by atoms with Gasteiger partial charge >= 0.3 is 0 Å². The van der Waals surface area contributed by atoms with Crippen molar-refractivity contribution in [3.8, 4) is 0 Å². The first-order valence-electron chi connectivity index (χ1n) is 6.25. The van der Waals surface area contributed by atoms with Crippen molar-refractivity contribution < 1.29 is 4.74 Å². The summed E-state index contributed by atoms with van der Waals surface area (Å²) in [6.45, 7) is 0. The Bertz CT molecular complexity index is 666. The van der Waals surface area contributed by atoms with Gasteiger partial charge in [-0.05, 0) is 39.2 Å². The maximum absolute atomic E-state index is 5.97. The number of benzene rings is 1. The fourth-order valence-corrected chi connectivity index (χ4v) is 2.96. The average Bonchev–Trinajstić information content (AvgIpc) is 2.97. The molecule has 19 heavy (non-hydrogen) atoms. The summed E-state index contributed by atoms with van der Waals surface area (Å²) in [5.74, 6) is 0.664. The Morgan fingerprint density at radius 2 is 2.05 bits per heavy atom. The van der Waals surface area contributed by atoms with Gasteiger partial charge in [0.1, 0.15) is 17.8 Å². The summed E-state index contributed by atoms with van der Waals surface area (Å²) in [6, 6.07) is 12.4. The highest BCUT2D eigenvalue weighted by Crippen LogP contribution is 2.40. The minimum absolute atomic E-state index is 0.136. The molecule has 0 N–H and O–H groups in total. The third-order valence-electron chi connectivity index (χ3n) is 3.61. The van der Waals surface area contributed by atoms with Crippen LogP contribution >= 0.6 is 15.9 Å². The summed E-state index contributed by atoms with van der Waals surface area (Å²) in [7, 11) is 0. The van der Waals surface area contributed by atoms with Crippen LogP contribution in [0, 0.1) is 0 Å². The first-order valence-corrected chi connectivity index (χ1v) is 7.05. The molecule has 2 atom stereocenters. The van der Waals surface area contributed by atoms with Crippen molar-refractivity contribution in [2.75, 3.05) is 0 Å². The topological polar surface area (TPSA) is 34.5 Å². The van der Waals surface area contributed by atoms with Crippen molar-refractivity contribution >= 4 is 21.8 Å². The molecule has 4 heteroatoms. The summed E-state index contributed by atoms with van der Waals surface area (Å²) >= 11 is 3.38. The number of nitrogens with zero attached hydrogens (tertiary/aromatic N) is 2. The molecule has 0 saturated carbocycles. The fourth-order valence-electron chi connectivity index (χ4n) is 2.73. The van der Waals surface area contributed by atoms with Gasteiger partial charge in [0.25, 0.3) is 0 Å². The zero-order valence-electron chi connectivity index (χ0n) is 10.1. The normalized spacial score (nSPS) is 23.5. The van der Waals surface area contributed by atoms with Crippen molar-refractivity contribution in [2.45, 2.75) is 18.6 Å². The van der Waals surface area contributed by atoms with E-state index >= 15 is 0 Å². The van der Waals surface area contributed by atoms with Gasteiger partial charge in [0.05, 0.1) is 0 Å². The quantitative estimate of drug-likeness (QED) is 0.809. The van der Waals surface area contributed by atoms with Gasteiger partial charge in [-0.3, -0.25) is 4.98 Å². The predicted octanol–water partition coefficient (Wildman–Crippen LogP) is 3.29. The minimum Gasteiger partial charge on any atom is -0.470 e. The van der Waals surface area contributed by atoms with E-state index in [1.54, 1.807) is 6.20 Å². The van der Waals surface area contributed by atoms with Crippen LogP contribution in [0.15, 0.2) is 52.1 Å². The van der Waals surface area contributed by atoms with E-state index in [-0.39, 0.29) is 12.1 Å². The van der Waals surface area contributed by atoms with E-state index in [2.05, 4.69) is 45.2 Å². The first kappa shape index (κ1) is 11.2. The van der Waals surface area contributed by atoms with Crippen LogP contribution in [0.3, 0.4) is 0 Å². The molecule has 2 heterocycles. The van der Waals surface area contributed by atoms with Crippen LogP contribution in [-0.4, -0.2) is 17.0 Å². The van der Waals surface area contributed by atoms with Gasteiger partial charge in [-0.15, -0.1) is 0 Å². The lowest BCUT2D eigenvalue weighted by molar-refractivity contribution is 0.206. The van der Waals surface area contributed by atoms with Gasteiger partial charge in [-0.25, -0.2) is 4.99 Å². The Kier molecular flexibility index (Phi) is 2.45. The van der Waals surface area contributed by atoms with Crippen molar-refractivity contribution in [1.82, 2.24) is 4.98 Å². The smallest absolute Gasteiger partial charge is 0.236 e. The van der Waals surface area contributed by atoms with Crippen LogP contribution in [0.25, 0.3) is 0 Å². The van der Waals surface area contributed by atoms with Gasteiger partial charge in [-0.2, -0.15) is 0 Å². The van der Waals surface area contributed by atoms with Crippen LogP contribution in [0.4, 0.5) is 0 Å². The molecule has 0 fully saturated rings. The Morgan fingerprint density at radius 3 is 2.89 bits per heavy atom. The molecule has 0 unspecified atom stereocenters. The molecule has 0 amide bonds. The molecule has 1 aliphatic carbocycles. The highest BCUT2D eigenvalue weighted by atomic mass is 79.9. The molecule has 2 aromatic rings. The average molecular weight is 315 g/mol. The molecule has 0 spiro atoms. The Hall–Kier alpha value is -1.68. The van der Waals surface area contributed by atoms with Gasteiger partial charge in [-0.1, -0.05) is 24.3 Å². The largest absolute Gasteiger partial charge is 0.470 e. The summed E-state index contributed by atoms with van der Waals surface area (Å²) in [5, 5.41) is 0. The number of halogens is 1. The second-order valence-corrected chi connectivity index (χ2v) is 5.72. The number of hydrogen-bond acceptors (Lipinski definition) is 3. The van der Waals surface area contributed by atoms with E-state index in [0.29, 0.717) is 5.90 Å². The van der Waals surface area contributed by atoms with Crippen LogP contribution in [-0.2, 0) is 11.2 Å². The minimum atomic E-state index is 0.136. The third-order valence-corrected chi connectivity index (χ3v) is 4.08. The molecule has 1 aliphatic heterocycles. The predicted molar refractivity (Wildman–Crippen MR) is 76.2 cm³/mol. The highest BCUT2D eigenvalue weighted by molar-refractivity contribution is 9.10. The monoisotopic (exact) mass is 314 g/mol. The maximum Gasteiger partial charge on any atom is 0.236 e. The number of hydrogen-bond donors (Lipinski definition) is 0. The van der Waals surface area contributed by atoms with Crippen molar-refractivity contribution in [3.05, 3.63) is 63.9 Å². The molecule has 1 aromatic carbocycles. The third kappa shape index (κ3) is 1.78. The second-order valence-electron chi connectivity index (χ2n) is 4.80. The molecule has 3 nitrogen and oxygen atoms in total. The highest BCUT2D eigenvalue weighted by Gasteiger charge is 2.39. The first-order chi connectivity index (χ1) is 9.31. The van der Waals surface area contributed by atoms with Crippen LogP contribution in [0.1, 0.15) is 22.9 Å². The van der Waals surface area contributed by atoms with Crippen LogP contribution in [0.5, 0.6) is 0 Å². The molecule has 0 bridgehead atoms. The molecule has 94 valence electrons. The number of ether oxygens (including phenoxy) is 1. The van der Waals surface area contributed by atoms with Gasteiger partial charge in [0, 0.05) is 17.1 Å². The molecular weight excluding hydrogens is 304 g/mol. The lowest BCUT2D eigenvalue weighted by Gasteiger charge is -2.08. The molecule has 0 saturated heterocycles. The molecule has 4 rings (SSSR count). The van der Waals surface area contributed by atoms with Crippen molar-refractivity contribution in [3.63, 3.8) is 0 Å². The van der Waals surface area contributed by atoms with Gasteiger partial charge < -0.3 is 4.74 Å². The SMILES string of the molecule is Brc1ccc(C2=N[C@H]3c4ccccc4C[C@H]3O2)nc1. The summed E-state index contributed by atoms with van der Waals surface area (Å²) in [4.78, 5) is 9.05. The number of rotatable bonds is 1. The van der Waals surface area contributed by atoms with E-state index in [0.717, 1.165) is 16.6 Å². The number of aromatic nitrogens is 1. The Balaban J connectivity index is 1.71. The summed E-state index contributed by atoms with van der Waals surface area (Å²) in [5.41, 5.74) is 3.44. The molecule has 2 aliphatic rings. The van der Waals surface area contributed by atoms with Gasteiger partial charge in [0.2, 0.25) is 5.90 Å². The van der Waals surface area contributed by atoms with E-state index in [9.17, 15) is 0 Å². The summed E-state index contributed by atoms with van der Waals surface area (Å²) in [6.07, 6.45) is 2.84. The lowest BCUT2D eigenvalue weighted by atomic mass is 10.1. The second kappa shape index (κ2) is 4.17. The van der Waals surface area contributed by atoms with E-state index in [1.807, 2.05) is 12.1 Å². The molecular formula is C15H11BrN2O. The lowest BCUT2D eigenvalue weighted by Crippen LogP contribution is -2.14. The molecule has 1 aromatic heterocycles. The number of fused-ring (bicyclic) bond motifs is 3. The van der Waals surface area contributed by atoms with Crippen LogP contribution in [0.2, 0.25) is 0 Å². The Labute approximate surface area is 119 Å². The Morgan fingerprint density at radius 1 is 1.16 bits per heavy atom. The number of pyridine rings is 1. The zero-order valence-corrected chi connectivity index (χ0v) is 11.7. The fraction of sp³-hybridized carbons (Fsp3) is 0.200. The van der Waals surface area contributed by atoms with Crippen molar-refractivity contribution in [1.29, 1.82) is 0 Å². The standard InChI is InChI=1S/C15H11BrN2O/c16-10-5-6-12(17-8-10)15-18-14-11-4-2-1-3-9(11)7-13(14)19-15/h1-6,8,13-14H,7H2/t13-,14+/m1/s1.